The van der Waals surface area contributed by atoms with Gasteiger partial charge in [0.1, 0.15) is 96.0 Å². The van der Waals surface area contributed by atoms with Gasteiger partial charge >= 0.3 is 0 Å². The van der Waals surface area contributed by atoms with Gasteiger partial charge < -0.3 is 82.2 Å². The van der Waals surface area contributed by atoms with Crippen LogP contribution < -0.4 is 64.2 Å². The van der Waals surface area contributed by atoms with Gasteiger partial charge in [-0.3, -0.25) is 77.6 Å². The first kappa shape index (κ1) is 79.4. The molecule has 0 bridgehead atoms. The summed E-state index contributed by atoms with van der Waals surface area (Å²) in [5.41, 5.74) is 8.02. The van der Waals surface area contributed by atoms with Crippen LogP contribution in [0.2, 0.25) is 10.0 Å². The number of hydrogen-bond acceptors (Lipinski definition) is 24. The van der Waals surface area contributed by atoms with Gasteiger partial charge in [0.2, 0.25) is 47.3 Å². The summed E-state index contributed by atoms with van der Waals surface area (Å²) in [4.78, 5) is 182. The molecule has 38 heteroatoms. The van der Waals surface area contributed by atoms with E-state index in [4.69, 9.17) is 32.7 Å². The highest BCUT2D eigenvalue weighted by molar-refractivity contribution is 6.37. The molecule has 10 heterocycles. The first-order valence-electron chi connectivity index (χ1n) is 37.2. The van der Waals surface area contributed by atoms with Crippen LogP contribution in [0.25, 0.3) is 11.1 Å². The van der Waals surface area contributed by atoms with Crippen molar-refractivity contribution < 1.29 is 87.4 Å². The smallest absolute Gasteiger partial charge is 0.261 e. The highest BCUT2D eigenvalue weighted by atomic mass is 35.5. The van der Waals surface area contributed by atoms with E-state index in [0.717, 1.165) is 29.8 Å². The SMILES string of the molecule is CCC(C)[C@H]1NC(=O)[C@@H]2C[C@@]3(O)c4cc(-c5cc6c(cc5Cl)N[C@H]5N7C(=O)[C@@H](C(C)O)NC(=O)[C@H](COC)NC(=O)[C@H]8CCCNN8C(=O)[C@@H]8CCCNN8C(=O)[C@@H](C(C)CC)NC(=O)[C@@H]7C[C@@]65O)c(Cl)cc4N[C@H]3N2C(=O)[C@@H](C(C)O)NC(=O)[C@H](COC)NC(=O)[C@H]2CCCNN2C(=O)[C@@H]2CCCNN2C1=O. The lowest BCUT2D eigenvalue weighted by Crippen LogP contribution is -2.69. The van der Waals surface area contributed by atoms with Crippen LogP contribution in [0.4, 0.5) is 11.4 Å². The van der Waals surface area contributed by atoms with Crippen LogP contribution in [0.5, 0.6) is 0 Å². The Morgan fingerprint density at radius 3 is 1.06 bits per heavy atom. The quantitative estimate of drug-likeness (QED) is 0.105. The molecular weight excluding hydrogens is 1450 g/mol. The molecule has 0 radical (unpaired) electrons. The number of benzene rings is 2. The Morgan fingerprint density at radius 1 is 0.426 bits per heavy atom. The largest absolute Gasteiger partial charge is 0.391 e. The molecule has 12 rings (SSSR count). The number of rotatable bonds is 11. The summed E-state index contributed by atoms with van der Waals surface area (Å²) >= 11 is 14.6. The van der Waals surface area contributed by atoms with Crippen molar-refractivity contribution in [3.63, 3.8) is 0 Å². The van der Waals surface area contributed by atoms with Gasteiger partial charge in [0.15, 0.2) is 0 Å². The zero-order valence-corrected chi connectivity index (χ0v) is 62.9. The zero-order chi connectivity index (χ0) is 77.9. The Labute approximate surface area is 633 Å². The zero-order valence-electron chi connectivity index (χ0n) is 61.4. The van der Waals surface area contributed by atoms with Gasteiger partial charge in [0.05, 0.1) is 35.5 Å². The average molecular weight is 1550 g/mol. The molecule has 8 fully saturated rings. The van der Waals surface area contributed by atoms with Crippen molar-refractivity contribution >= 4 is 105 Å². The van der Waals surface area contributed by atoms with Gasteiger partial charge in [-0.25, -0.2) is 21.7 Å². The van der Waals surface area contributed by atoms with Gasteiger partial charge in [0, 0.05) is 86.9 Å². The monoisotopic (exact) mass is 1550 g/mol. The molecule has 20 atom stereocenters. The predicted octanol–water partition coefficient (Wildman–Crippen LogP) is -3.19. The number of fused-ring (bicyclic) bond motifs is 14. The van der Waals surface area contributed by atoms with E-state index < -0.39 is 217 Å². The minimum atomic E-state index is -2.30. The van der Waals surface area contributed by atoms with E-state index in [0.29, 0.717) is 51.6 Å². The third-order valence-electron chi connectivity index (χ3n) is 23.0. The Kier molecular flexibility index (Phi) is 23.6. The fraction of sp³-hybridized carbons (Fsp3) is 0.657. The van der Waals surface area contributed by atoms with Crippen LogP contribution in [-0.4, -0.2) is 272 Å². The standard InChI is InChI=1S/C70H98Cl2N18O18/c1-9-31(3)51-65(103)89-47(17-13-21-75-89)61(99)87-45(15-11-19-73-87)57(95)77-43(29-107-7)55(93)83-53(33(5)91)63(101)85-49(59(97)81-51)27-69(105)37-23-35(39(71)25-41(37)79-67(69)85)36-24-38-42(26-40(36)72)80-68-70(38,106)28-50-60(98)82-52(32(4)10-2)66(104)90-48(18-14-22-76-90)62(100)88-46(16-12-20-74-88)58(96)78-44(30-108-8)56(94)84-54(34(6)92)64(102)86(50)68/h23-26,31-34,43-54,67-68,73-76,79-80,91-92,105-106H,9-22,27-30H2,1-8H3,(H,77,95)(H,78,96)(H,81,97)(H,82,98)(H,83,93)(H,84,94)/t31?,32?,33?,34?,43-,44-,45+,46+,47-,48-,49-,50-,51+,52+,53+,54+,67-,68-,69+,70+/m0/s1. The van der Waals surface area contributed by atoms with Crippen molar-refractivity contribution in [3.05, 3.63) is 45.4 Å². The Morgan fingerprint density at radius 2 is 0.741 bits per heavy atom. The molecule has 8 saturated heterocycles. The Balaban J connectivity index is 0.917. The Hall–Kier alpha value is -8.14. The number of hydrazine groups is 4. The van der Waals surface area contributed by atoms with E-state index in [-0.39, 0.29) is 82.4 Å². The van der Waals surface area contributed by atoms with Crippen LogP contribution in [0, 0.1) is 11.8 Å². The predicted molar refractivity (Wildman–Crippen MR) is 384 cm³/mol. The number of amides is 12. The summed E-state index contributed by atoms with van der Waals surface area (Å²) in [6.07, 6.45) is -4.91. The molecule has 0 saturated carbocycles. The number of carbonyl (C=O) groups excluding carboxylic acids is 12. The normalized spacial score (nSPS) is 33.6. The lowest BCUT2D eigenvalue weighted by Gasteiger charge is -2.43. The van der Waals surface area contributed by atoms with Crippen molar-refractivity contribution in [1.82, 2.24) is 83.4 Å². The summed E-state index contributed by atoms with van der Waals surface area (Å²) in [7, 11) is 2.53. The van der Waals surface area contributed by atoms with Gasteiger partial charge in [-0.2, -0.15) is 0 Å². The topological polar surface area (TPSA) is 468 Å². The van der Waals surface area contributed by atoms with Crippen LogP contribution in [0.15, 0.2) is 24.3 Å². The second-order valence-corrected chi connectivity index (χ2v) is 30.8. The fourth-order valence-electron chi connectivity index (χ4n) is 16.7. The van der Waals surface area contributed by atoms with Crippen molar-refractivity contribution in [2.75, 3.05) is 64.2 Å². The molecule has 0 aromatic heterocycles. The lowest BCUT2D eigenvalue weighted by atomic mass is 9.86. The molecule has 0 spiro atoms. The van der Waals surface area contributed by atoms with E-state index >= 15 is 28.8 Å². The molecule has 108 heavy (non-hydrogen) atoms. The summed E-state index contributed by atoms with van der Waals surface area (Å²) in [5, 5.41) is 77.2. The number of aliphatic hydroxyl groups excluding tert-OH is 2. The number of nitrogens with one attached hydrogen (secondary N) is 12. The number of nitrogens with zero attached hydrogens (tertiary/aromatic N) is 6. The maximum absolute atomic E-state index is 15.7. The molecule has 2 aromatic rings. The highest BCUT2D eigenvalue weighted by Crippen LogP contribution is 2.56. The minimum absolute atomic E-state index is 0.0338. The third kappa shape index (κ3) is 14.5. The molecule has 12 amide bonds. The molecule has 0 aliphatic carbocycles. The van der Waals surface area contributed by atoms with E-state index in [1.54, 1.807) is 27.7 Å². The van der Waals surface area contributed by atoms with Crippen molar-refractivity contribution in [1.29, 1.82) is 0 Å². The van der Waals surface area contributed by atoms with Crippen LogP contribution in [0.1, 0.15) is 130 Å². The second kappa shape index (κ2) is 32.1. The molecule has 16 N–H and O–H groups in total. The molecule has 590 valence electrons. The van der Waals surface area contributed by atoms with Crippen LogP contribution in [0.3, 0.4) is 0 Å². The highest BCUT2D eigenvalue weighted by Gasteiger charge is 2.64. The van der Waals surface area contributed by atoms with Crippen molar-refractivity contribution in [3.8, 4) is 11.1 Å². The summed E-state index contributed by atoms with van der Waals surface area (Å²) in [5.74, 6) is -11.6. The molecule has 36 nitrogen and oxygen atoms in total. The maximum atomic E-state index is 15.7. The van der Waals surface area contributed by atoms with E-state index in [1.807, 2.05) is 0 Å². The number of ether oxygens (including phenoxy) is 2. The van der Waals surface area contributed by atoms with Crippen molar-refractivity contribution in [2.45, 2.75) is 227 Å². The number of halogens is 2. The van der Waals surface area contributed by atoms with E-state index in [9.17, 15) is 49.2 Å². The number of aliphatic hydroxyl groups is 4. The summed E-state index contributed by atoms with van der Waals surface area (Å²) in [6.45, 7) is 9.59. The molecular formula is C70H98Cl2N18O18. The van der Waals surface area contributed by atoms with Gasteiger partial charge in [-0.1, -0.05) is 63.7 Å². The van der Waals surface area contributed by atoms with Crippen LogP contribution >= 0.6 is 23.2 Å². The number of carbonyl (C=O) groups is 12. The lowest BCUT2D eigenvalue weighted by molar-refractivity contribution is -0.161. The molecule has 10 aliphatic rings. The minimum Gasteiger partial charge on any atom is -0.391 e. The van der Waals surface area contributed by atoms with Crippen molar-refractivity contribution in [2.24, 2.45) is 11.8 Å². The first-order valence-corrected chi connectivity index (χ1v) is 37.9. The van der Waals surface area contributed by atoms with Gasteiger partial charge in [-0.05, 0) is 101 Å². The molecule has 10 aliphatic heterocycles. The molecule has 4 unspecified atom stereocenters. The van der Waals surface area contributed by atoms with Crippen LogP contribution in [-0.2, 0) is 78.2 Å². The maximum Gasteiger partial charge on any atom is 0.261 e. The number of methoxy groups -OCH3 is 2. The Bertz CT molecular complexity index is 3670. The first-order chi connectivity index (χ1) is 51.4. The van der Waals surface area contributed by atoms with E-state index in [1.165, 1.54) is 52.3 Å². The summed E-state index contributed by atoms with van der Waals surface area (Å²) in [6, 6.07) is -12.1. The average Bonchev–Trinajstić information content (AvgIpc) is 1.56. The molecule has 2 aromatic carbocycles. The number of anilines is 2. The fourth-order valence-corrected chi connectivity index (χ4v) is 17.2. The van der Waals surface area contributed by atoms with Gasteiger partial charge in [-0.15, -0.1) is 0 Å². The third-order valence-corrected chi connectivity index (χ3v) is 23.6. The summed E-state index contributed by atoms with van der Waals surface area (Å²) < 4.78 is 10.7. The van der Waals surface area contributed by atoms with E-state index in [2.05, 4.69) is 64.2 Å². The van der Waals surface area contributed by atoms with Gasteiger partial charge in [0.25, 0.3) is 23.6 Å². The number of hydrogen-bond donors (Lipinski definition) is 16. The second-order valence-electron chi connectivity index (χ2n) is 30.0.